The van der Waals surface area contributed by atoms with Crippen LogP contribution in [0, 0.1) is 5.92 Å². The average molecular weight is 246 g/mol. The Balaban J connectivity index is 1.83. The molecular weight excluding hydrogens is 233 g/mol. The van der Waals surface area contributed by atoms with Crippen LogP contribution in [0.2, 0.25) is 10.3 Å². The highest BCUT2D eigenvalue weighted by Crippen LogP contribution is 2.29. The topological polar surface area (TPSA) is 37.8 Å². The SMILES string of the molecule is Clc1ncc(Cl)c(NCCC2CCC2)n1. The second-order valence-corrected chi connectivity index (χ2v) is 4.59. The molecule has 15 heavy (non-hydrogen) atoms. The molecule has 1 N–H and O–H groups in total. The van der Waals surface area contributed by atoms with Crippen LogP contribution in [0.3, 0.4) is 0 Å². The average Bonchev–Trinajstić information content (AvgIpc) is 2.15. The van der Waals surface area contributed by atoms with Crippen molar-refractivity contribution < 1.29 is 0 Å². The predicted octanol–water partition coefficient (Wildman–Crippen LogP) is 3.39. The first-order valence-corrected chi connectivity index (χ1v) is 5.93. The molecule has 1 aliphatic carbocycles. The van der Waals surface area contributed by atoms with Gasteiger partial charge >= 0.3 is 0 Å². The molecule has 1 saturated carbocycles. The molecule has 1 fully saturated rings. The molecule has 82 valence electrons. The summed E-state index contributed by atoms with van der Waals surface area (Å²) < 4.78 is 0. The van der Waals surface area contributed by atoms with Gasteiger partial charge in [0.05, 0.1) is 6.20 Å². The van der Waals surface area contributed by atoms with Crippen LogP contribution in [-0.2, 0) is 0 Å². The Morgan fingerprint density at radius 2 is 2.20 bits per heavy atom. The summed E-state index contributed by atoms with van der Waals surface area (Å²) in [6, 6.07) is 0. The van der Waals surface area contributed by atoms with Gasteiger partial charge in [0.15, 0.2) is 0 Å². The first kappa shape index (κ1) is 11.0. The summed E-state index contributed by atoms with van der Waals surface area (Å²) in [6.45, 7) is 0.901. The molecular formula is C10H13Cl2N3. The number of nitrogens with zero attached hydrogens (tertiary/aromatic N) is 2. The number of hydrogen-bond acceptors (Lipinski definition) is 3. The molecule has 0 bridgehead atoms. The lowest BCUT2D eigenvalue weighted by atomic mass is 9.83. The second-order valence-electron chi connectivity index (χ2n) is 3.85. The van der Waals surface area contributed by atoms with E-state index in [-0.39, 0.29) is 5.28 Å². The summed E-state index contributed by atoms with van der Waals surface area (Å²) in [7, 11) is 0. The van der Waals surface area contributed by atoms with E-state index in [2.05, 4.69) is 15.3 Å². The maximum absolute atomic E-state index is 5.91. The van der Waals surface area contributed by atoms with Gasteiger partial charge in [-0.2, -0.15) is 4.98 Å². The van der Waals surface area contributed by atoms with E-state index in [1.165, 1.54) is 31.9 Å². The summed E-state index contributed by atoms with van der Waals surface area (Å²) in [5.41, 5.74) is 0. The van der Waals surface area contributed by atoms with E-state index in [9.17, 15) is 0 Å². The van der Waals surface area contributed by atoms with Gasteiger partial charge in [0.1, 0.15) is 10.8 Å². The van der Waals surface area contributed by atoms with E-state index >= 15 is 0 Å². The normalized spacial score (nSPS) is 16.1. The number of aromatic nitrogens is 2. The van der Waals surface area contributed by atoms with Gasteiger partial charge in [-0.3, -0.25) is 0 Å². The third-order valence-corrected chi connectivity index (χ3v) is 3.24. The van der Waals surface area contributed by atoms with Gasteiger partial charge in [-0.15, -0.1) is 0 Å². The van der Waals surface area contributed by atoms with Crippen LogP contribution in [0.1, 0.15) is 25.7 Å². The Kier molecular flexibility index (Phi) is 3.65. The molecule has 3 nitrogen and oxygen atoms in total. The monoisotopic (exact) mass is 245 g/mol. The van der Waals surface area contributed by atoms with E-state index in [1.54, 1.807) is 0 Å². The molecule has 1 heterocycles. The number of hydrogen-bond donors (Lipinski definition) is 1. The predicted molar refractivity (Wildman–Crippen MR) is 62.5 cm³/mol. The van der Waals surface area contributed by atoms with E-state index in [4.69, 9.17) is 23.2 Å². The zero-order chi connectivity index (χ0) is 10.7. The summed E-state index contributed by atoms with van der Waals surface area (Å²) >= 11 is 11.6. The minimum atomic E-state index is 0.227. The third-order valence-electron chi connectivity index (χ3n) is 2.78. The Bertz CT molecular complexity index is 339. The highest BCUT2D eigenvalue weighted by Gasteiger charge is 2.16. The van der Waals surface area contributed by atoms with Gasteiger partial charge in [0.25, 0.3) is 0 Å². The van der Waals surface area contributed by atoms with Gasteiger partial charge in [0, 0.05) is 6.54 Å². The van der Waals surface area contributed by atoms with Crippen molar-refractivity contribution in [2.45, 2.75) is 25.7 Å². The first-order valence-electron chi connectivity index (χ1n) is 5.17. The van der Waals surface area contributed by atoms with Gasteiger partial charge in [-0.1, -0.05) is 30.9 Å². The lowest BCUT2D eigenvalue weighted by molar-refractivity contribution is 0.303. The zero-order valence-electron chi connectivity index (χ0n) is 8.34. The molecule has 0 atom stereocenters. The minimum absolute atomic E-state index is 0.227. The van der Waals surface area contributed by atoms with Crippen LogP contribution in [0.25, 0.3) is 0 Å². The molecule has 2 rings (SSSR count). The molecule has 0 aromatic carbocycles. The molecule has 0 spiro atoms. The van der Waals surface area contributed by atoms with Gasteiger partial charge in [-0.25, -0.2) is 4.98 Å². The quantitative estimate of drug-likeness (QED) is 0.827. The molecule has 1 aromatic heterocycles. The molecule has 5 heteroatoms. The van der Waals surface area contributed by atoms with E-state index in [0.29, 0.717) is 10.8 Å². The maximum atomic E-state index is 5.91. The van der Waals surface area contributed by atoms with Crippen molar-refractivity contribution in [1.29, 1.82) is 0 Å². The Morgan fingerprint density at radius 1 is 1.40 bits per heavy atom. The van der Waals surface area contributed by atoms with Crippen molar-refractivity contribution in [2.75, 3.05) is 11.9 Å². The number of rotatable bonds is 4. The van der Waals surface area contributed by atoms with Crippen LogP contribution < -0.4 is 5.32 Å². The van der Waals surface area contributed by atoms with Gasteiger partial charge < -0.3 is 5.32 Å². The first-order chi connectivity index (χ1) is 7.25. The summed E-state index contributed by atoms with van der Waals surface area (Å²) in [5.74, 6) is 1.52. The van der Waals surface area contributed by atoms with E-state index in [1.807, 2.05) is 0 Å². The van der Waals surface area contributed by atoms with Gasteiger partial charge in [-0.05, 0) is 23.9 Å². The summed E-state index contributed by atoms with van der Waals surface area (Å²) in [6.07, 6.45) is 6.80. The number of anilines is 1. The molecule has 0 saturated heterocycles. The van der Waals surface area contributed by atoms with E-state index < -0.39 is 0 Å². The molecule has 0 aliphatic heterocycles. The second kappa shape index (κ2) is 4.99. The lowest BCUT2D eigenvalue weighted by Crippen LogP contribution is -2.16. The molecule has 0 amide bonds. The van der Waals surface area contributed by atoms with Crippen molar-refractivity contribution in [3.8, 4) is 0 Å². The van der Waals surface area contributed by atoms with Crippen molar-refractivity contribution in [3.05, 3.63) is 16.5 Å². The highest BCUT2D eigenvalue weighted by atomic mass is 35.5. The van der Waals surface area contributed by atoms with E-state index in [0.717, 1.165) is 12.5 Å². The molecule has 1 aromatic rings. The molecule has 0 radical (unpaired) electrons. The Hall–Kier alpha value is -0.540. The standard InChI is InChI=1S/C10H13Cl2N3/c11-8-6-14-10(12)15-9(8)13-5-4-7-2-1-3-7/h6-7H,1-5H2,(H,13,14,15). The van der Waals surface area contributed by atoms with Crippen LogP contribution in [0.5, 0.6) is 0 Å². The molecule has 0 unspecified atom stereocenters. The van der Waals surface area contributed by atoms with Crippen molar-refractivity contribution in [3.63, 3.8) is 0 Å². The fraction of sp³-hybridized carbons (Fsp3) is 0.600. The summed E-state index contributed by atoms with van der Waals surface area (Å²) in [4.78, 5) is 7.82. The summed E-state index contributed by atoms with van der Waals surface area (Å²) in [5, 5.41) is 3.93. The fourth-order valence-electron chi connectivity index (χ4n) is 1.65. The van der Waals surface area contributed by atoms with Crippen LogP contribution in [-0.4, -0.2) is 16.5 Å². The fourth-order valence-corrected chi connectivity index (χ4v) is 1.94. The highest BCUT2D eigenvalue weighted by molar-refractivity contribution is 6.33. The number of halogens is 2. The largest absolute Gasteiger partial charge is 0.369 e. The Labute approximate surface area is 99.2 Å². The zero-order valence-corrected chi connectivity index (χ0v) is 9.85. The van der Waals surface area contributed by atoms with Crippen LogP contribution in [0.15, 0.2) is 6.20 Å². The van der Waals surface area contributed by atoms with Crippen molar-refractivity contribution in [1.82, 2.24) is 9.97 Å². The Morgan fingerprint density at radius 3 is 2.87 bits per heavy atom. The number of nitrogens with one attached hydrogen (secondary N) is 1. The third kappa shape index (κ3) is 2.95. The smallest absolute Gasteiger partial charge is 0.224 e. The minimum Gasteiger partial charge on any atom is -0.369 e. The maximum Gasteiger partial charge on any atom is 0.224 e. The lowest BCUT2D eigenvalue weighted by Gasteiger charge is -2.25. The molecule has 1 aliphatic rings. The van der Waals surface area contributed by atoms with Gasteiger partial charge in [0.2, 0.25) is 5.28 Å². The van der Waals surface area contributed by atoms with Crippen molar-refractivity contribution in [2.24, 2.45) is 5.92 Å². The van der Waals surface area contributed by atoms with Crippen LogP contribution >= 0.6 is 23.2 Å². The van der Waals surface area contributed by atoms with Crippen molar-refractivity contribution >= 4 is 29.0 Å². The van der Waals surface area contributed by atoms with Crippen LogP contribution in [0.4, 0.5) is 5.82 Å².